The number of aromatic nitrogens is 4. The quantitative estimate of drug-likeness (QED) is 0.0820. The monoisotopic (exact) mass is 674 g/mol. The van der Waals surface area contributed by atoms with Crippen LogP contribution in [-0.4, -0.2) is 53.1 Å². The average Bonchev–Trinajstić information content (AvgIpc) is 3.80. The molecule has 7 nitrogen and oxygen atoms in total. The molecule has 3 heterocycles. The van der Waals surface area contributed by atoms with E-state index in [4.69, 9.17) is 20.0 Å². The molecule has 0 atom stereocenters. The van der Waals surface area contributed by atoms with Crippen LogP contribution in [0.4, 0.5) is 10.7 Å². The summed E-state index contributed by atoms with van der Waals surface area (Å²) in [5.41, 5.74) is 3.69. The van der Waals surface area contributed by atoms with Crippen LogP contribution in [-0.2, 0) is 5.41 Å². The predicted octanol–water partition coefficient (Wildman–Crippen LogP) is 10.1. The molecule has 3 aromatic heterocycles. The number of thiophene rings is 1. The third-order valence-corrected chi connectivity index (χ3v) is 10.5. The first-order valence-corrected chi connectivity index (χ1v) is 19.6. The predicted molar refractivity (Wildman–Crippen MR) is 207 cm³/mol. The average molecular weight is 675 g/mol. The highest BCUT2D eigenvalue weighted by Gasteiger charge is 2.25. The molecule has 0 aliphatic rings. The number of rotatable bonds is 21. The molecule has 1 aromatic carbocycles. The Hall–Kier alpha value is -3.13. The van der Waals surface area contributed by atoms with Gasteiger partial charge in [-0.1, -0.05) is 98.8 Å². The summed E-state index contributed by atoms with van der Waals surface area (Å²) in [6, 6.07) is 10.9. The van der Waals surface area contributed by atoms with E-state index in [0.717, 1.165) is 59.7 Å². The maximum atomic E-state index is 5.81. The SMILES string of the molecule is CCCCCCCCN(CCCCCCCC)c1ccc(/C=c2/c(C(C)(C)C)nn3c(-c4cc(N(CC)CC)ccc4OC)nnc23)s1. The number of fused-ring (bicyclic) bond motifs is 1. The second kappa shape index (κ2) is 18.6. The molecular formula is C40H62N6OS. The van der Waals surface area contributed by atoms with Crippen molar-refractivity contribution in [1.82, 2.24) is 19.8 Å². The molecule has 0 spiro atoms. The van der Waals surface area contributed by atoms with Gasteiger partial charge in [-0.25, -0.2) is 0 Å². The summed E-state index contributed by atoms with van der Waals surface area (Å²) in [5, 5.41) is 17.0. The number of anilines is 2. The normalized spacial score (nSPS) is 12.4. The van der Waals surface area contributed by atoms with Gasteiger partial charge in [0.25, 0.3) is 0 Å². The van der Waals surface area contributed by atoms with E-state index in [2.05, 4.69) is 88.6 Å². The molecule has 0 fully saturated rings. The van der Waals surface area contributed by atoms with Gasteiger partial charge in [-0.2, -0.15) is 9.61 Å². The molecule has 0 aliphatic carbocycles. The van der Waals surface area contributed by atoms with Crippen LogP contribution < -0.4 is 19.8 Å². The van der Waals surface area contributed by atoms with Crippen LogP contribution in [0.1, 0.15) is 136 Å². The topological polar surface area (TPSA) is 58.8 Å². The van der Waals surface area contributed by atoms with Gasteiger partial charge >= 0.3 is 0 Å². The molecule has 0 N–H and O–H groups in total. The van der Waals surface area contributed by atoms with Crippen molar-refractivity contribution in [2.75, 3.05) is 43.1 Å². The van der Waals surface area contributed by atoms with E-state index in [0.29, 0.717) is 5.82 Å². The fourth-order valence-corrected chi connectivity index (χ4v) is 7.55. The lowest BCUT2D eigenvalue weighted by atomic mass is 9.91. The summed E-state index contributed by atoms with van der Waals surface area (Å²) < 4.78 is 7.74. The van der Waals surface area contributed by atoms with Gasteiger partial charge in [0.15, 0.2) is 11.5 Å². The molecule has 0 unspecified atom stereocenters. The highest BCUT2D eigenvalue weighted by Crippen LogP contribution is 2.34. The van der Waals surface area contributed by atoms with Crippen LogP contribution in [0.3, 0.4) is 0 Å². The second-order valence-corrected chi connectivity index (χ2v) is 15.3. The van der Waals surface area contributed by atoms with Gasteiger partial charge in [-0.05, 0) is 63.1 Å². The zero-order valence-corrected chi connectivity index (χ0v) is 32.1. The molecule has 0 amide bonds. The van der Waals surface area contributed by atoms with Crippen LogP contribution in [0.2, 0.25) is 0 Å². The number of benzene rings is 1. The van der Waals surface area contributed by atoms with E-state index in [1.807, 2.05) is 21.9 Å². The number of nitrogens with zero attached hydrogens (tertiary/aromatic N) is 6. The third-order valence-electron chi connectivity index (χ3n) is 9.37. The molecule has 4 aromatic rings. The number of ether oxygens (including phenoxy) is 1. The molecule has 0 aliphatic heterocycles. The van der Waals surface area contributed by atoms with Gasteiger partial charge in [-0.3, -0.25) is 0 Å². The van der Waals surface area contributed by atoms with Crippen LogP contribution in [0.5, 0.6) is 5.75 Å². The standard InChI is InChI=1S/C40H62N6OS/c1-9-13-15-17-19-21-27-45(28-22-20-18-16-14-10-2)36-26-24-32(48-36)30-34-37(40(5,6)7)43-46-38(41-42-39(34)46)33-29-31(44(11-3)12-4)23-25-35(33)47-8/h23-26,29-30H,9-22,27-28H2,1-8H3/b34-30-. The summed E-state index contributed by atoms with van der Waals surface area (Å²) in [4.78, 5) is 6.21. The van der Waals surface area contributed by atoms with E-state index in [-0.39, 0.29) is 5.41 Å². The molecule has 48 heavy (non-hydrogen) atoms. The Labute approximate surface area is 294 Å². The zero-order chi connectivity index (χ0) is 34.5. The van der Waals surface area contributed by atoms with Gasteiger partial charge in [0.1, 0.15) is 5.75 Å². The Morgan fingerprint density at radius 1 is 0.771 bits per heavy atom. The van der Waals surface area contributed by atoms with Gasteiger partial charge < -0.3 is 14.5 Å². The Bertz CT molecular complexity index is 1560. The van der Waals surface area contributed by atoms with Crippen molar-refractivity contribution in [2.45, 2.75) is 131 Å². The first-order chi connectivity index (χ1) is 23.2. The fourth-order valence-electron chi connectivity index (χ4n) is 6.54. The smallest absolute Gasteiger partial charge is 0.189 e. The number of methoxy groups -OCH3 is 1. The van der Waals surface area contributed by atoms with Gasteiger partial charge in [0.2, 0.25) is 0 Å². The van der Waals surface area contributed by atoms with Crippen LogP contribution in [0.15, 0.2) is 30.3 Å². The Kier molecular flexibility index (Phi) is 14.6. The van der Waals surface area contributed by atoms with Crippen molar-refractivity contribution >= 4 is 33.7 Å². The van der Waals surface area contributed by atoms with Crippen molar-refractivity contribution < 1.29 is 4.74 Å². The number of hydrogen-bond donors (Lipinski definition) is 0. The van der Waals surface area contributed by atoms with Crippen molar-refractivity contribution in [3.05, 3.63) is 46.1 Å². The Balaban J connectivity index is 1.67. The van der Waals surface area contributed by atoms with E-state index < -0.39 is 0 Å². The highest BCUT2D eigenvalue weighted by atomic mass is 32.1. The summed E-state index contributed by atoms with van der Waals surface area (Å²) in [6.07, 6.45) is 18.2. The lowest BCUT2D eigenvalue weighted by Crippen LogP contribution is -2.24. The second-order valence-electron chi connectivity index (χ2n) is 14.2. The maximum absolute atomic E-state index is 5.81. The van der Waals surface area contributed by atoms with Crippen molar-refractivity contribution in [2.24, 2.45) is 0 Å². The summed E-state index contributed by atoms with van der Waals surface area (Å²) >= 11 is 1.89. The molecule has 264 valence electrons. The Morgan fingerprint density at radius 2 is 1.40 bits per heavy atom. The van der Waals surface area contributed by atoms with Crippen LogP contribution >= 0.6 is 11.3 Å². The molecular weight excluding hydrogens is 613 g/mol. The Morgan fingerprint density at radius 3 is 1.98 bits per heavy atom. The lowest BCUT2D eigenvalue weighted by Gasteiger charge is -2.23. The third kappa shape index (κ3) is 9.73. The van der Waals surface area contributed by atoms with Gasteiger partial charge in [-0.15, -0.1) is 21.5 Å². The largest absolute Gasteiger partial charge is 0.496 e. The molecule has 0 saturated heterocycles. The summed E-state index contributed by atoms with van der Waals surface area (Å²) in [6.45, 7) is 19.7. The van der Waals surface area contributed by atoms with Crippen molar-refractivity contribution in [3.63, 3.8) is 0 Å². The fraction of sp³-hybridized carbons (Fsp3) is 0.625. The van der Waals surface area contributed by atoms with E-state index >= 15 is 0 Å². The number of unbranched alkanes of at least 4 members (excludes halogenated alkanes) is 10. The van der Waals surface area contributed by atoms with E-state index in [1.54, 1.807) is 7.11 Å². The molecule has 0 bridgehead atoms. The first kappa shape index (κ1) is 37.7. The molecule has 8 heteroatoms. The zero-order valence-electron chi connectivity index (χ0n) is 31.3. The molecule has 0 saturated carbocycles. The summed E-state index contributed by atoms with van der Waals surface area (Å²) in [5.74, 6) is 1.47. The number of hydrogen-bond acceptors (Lipinski definition) is 7. The van der Waals surface area contributed by atoms with E-state index in [1.165, 1.54) is 86.9 Å². The minimum Gasteiger partial charge on any atom is -0.496 e. The lowest BCUT2D eigenvalue weighted by molar-refractivity contribution is 0.416. The summed E-state index contributed by atoms with van der Waals surface area (Å²) in [7, 11) is 1.71. The van der Waals surface area contributed by atoms with Gasteiger partial charge in [0.05, 0.1) is 23.4 Å². The minimum atomic E-state index is -0.168. The van der Waals surface area contributed by atoms with Crippen molar-refractivity contribution in [3.8, 4) is 17.1 Å². The minimum absolute atomic E-state index is 0.168. The maximum Gasteiger partial charge on any atom is 0.189 e. The van der Waals surface area contributed by atoms with Crippen LogP contribution in [0.25, 0.3) is 23.1 Å². The van der Waals surface area contributed by atoms with Crippen molar-refractivity contribution in [1.29, 1.82) is 0 Å². The van der Waals surface area contributed by atoms with Crippen LogP contribution in [0, 0.1) is 0 Å². The molecule has 0 radical (unpaired) electrons. The molecule has 4 rings (SSSR count). The highest BCUT2D eigenvalue weighted by molar-refractivity contribution is 7.16. The first-order valence-electron chi connectivity index (χ1n) is 18.8. The van der Waals surface area contributed by atoms with E-state index in [9.17, 15) is 0 Å². The van der Waals surface area contributed by atoms with Gasteiger partial charge in [0, 0.05) is 47.4 Å².